The molecule has 0 spiro atoms. The molecule has 0 atom stereocenters. The lowest BCUT2D eigenvalue weighted by molar-refractivity contribution is -0.138. The SMILES string of the molecule is CCOC(=O)c1ccc(N(CC(=O)OC)S(=O)(=O)c2ccccc2)cc1Cl. The van der Waals surface area contributed by atoms with Crippen LogP contribution in [0.5, 0.6) is 0 Å². The fraction of sp³-hybridized carbons (Fsp3) is 0.222. The topological polar surface area (TPSA) is 90.0 Å². The van der Waals surface area contributed by atoms with Crippen molar-refractivity contribution in [2.45, 2.75) is 11.8 Å². The molecule has 144 valence electrons. The minimum atomic E-state index is -4.06. The molecule has 0 aliphatic rings. The van der Waals surface area contributed by atoms with Gasteiger partial charge in [0.1, 0.15) is 6.54 Å². The first-order valence-electron chi connectivity index (χ1n) is 7.92. The van der Waals surface area contributed by atoms with Crippen LogP contribution in [0.1, 0.15) is 17.3 Å². The average Bonchev–Trinajstić information content (AvgIpc) is 2.66. The molecule has 7 nitrogen and oxygen atoms in total. The Bertz CT molecular complexity index is 930. The van der Waals surface area contributed by atoms with Crippen LogP contribution in [0.15, 0.2) is 53.4 Å². The summed E-state index contributed by atoms with van der Waals surface area (Å²) in [5.74, 6) is -1.38. The van der Waals surface area contributed by atoms with Gasteiger partial charge < -0.3 is 9.47 Å². The molecular weight excluding hydrogens is 394 g/mol. The van der Waals surface area contributed by atoms with E-state index in [1.54, 1.807) is 25.1 Å². The van der Waals surface area contributed by atoms with E-state index in [2.05, 4.69) is 4.74 Å². The molecule has 0 fully saturated rings. The normalized spacial score (nSPS) is 10.9. The number of esters is 2. The summed E-state index contributed by atoms with van der Waals surface area (Å²) >= 11 is 6.13. The first-order valence-corrected chi connectivity index (χ1v) is 9.74. The predicted molar refractivity (Wildman–Crippen MR) is 100 cm³/mol. The number of nitrogens with zero attached hydrogens (tertiary/aromatic N) is 1. The Morgan fingerprint density at radius 1 is 1.11 bits per heavy atom. The fourth-order valence-electron chi connectivity index (χ4n) is 2.25. The van der Waals surface area contributed by atoms with E-state index in [1.165, 1.54) is 30.3 Å². The van der Waals surface area contributed by atoms with Crippen molar-refractivity contribution in [1.82, 2.24) is 0 Å². The maximum absolute atomic E-state index is 13.0. The molecule has 2 aromatic rings. The Morgan fingerprint density at radius 3 is 2.33 bits per heavy atom. The molecule has 9 heteroatoms. The zero-order valence-electron chi connectivity index (χ0n) is 14.7. The quantitative estimate of drug-likeness (QED) is 0.651. The molecule has 0 aromatic heterocycles. The zero-order chi connectivity index (χ0) is 20.0. The zero-order valence-corrected chi connectivity index (χ0v) is 16.3. The molecule has 27 heavy (non-hydrogen) atoms. The molecule has 0 radical (unpaired) electrons. The van der Waals surface area contributed by atoms with Crippen LogP contribution in [-0.4, -0.2) is 40.6 Å². The molecule has 0 bridgehead atoms. The van der Waals surface area contributed by atoms with Crippen molar-refractivity contribution in [2.24, 2.45) is 0 Å². The van der Waals surface area contributed by atoms with Crippen LogP contribution < -0.4 is 4.31 Å². The summed E-state index contributed by atoms with van der Waals surface area (Å²) in [6.07, 6.45) is 0. The van der Waals surface area contributed by atoms with Crippen LogP contribution >= 0.6 is 11.6 Å². The van der Waals surface area contributed by atoms with Crippen LogP contribution in [0.3, 0.4) is 0 Å². The predicted octanol–water partition coefficient (Wildman–Crippen LogP) is 2.89. The van der Waals surface area contributed by atoms with Gasteiger partial charge in [-0.25, -0.2) is 13.2 Å². The first kappa shape index (κ1) is 20.7. The van der Waals surface area contributed by atoms with Crippen molar-refractivity contribution in [1.29, 1.82) is 0 Å². The molecule has 0 unspecified atom stereocenters. The van der Waals surface area contributed by atoms with Crippen molar-refractivity contribution in [3.63, 3.8) is 0 Å². The highest BCUT2D eigenvalue weighted by atomic mass is 35.5. The summed E-state index contributed by atoms with van der Waals surface area (Å²) in [6.45, 7) is 1.28. The lowest BCUT2D eigenvalue weighted by atomic mass is 10.2. The van der Waals surface area contributed by atoms with E-state index < -0.39 is 28.5 Å². The van der Waals surface area contributed by atoms with Gasteiger partial charge in [0.05, 0.1) is 34.9 Å². The number of hydrogen-bond acceptors (Lipinski definition) is 6. The molecule has 2 aromatic carbocycles. The first-order chi connectivity index (χ1) is 12.8. The molecular formula is C18H18ClNO6S. The van der Waals surface area contributed by atoms with Gasteiger partial charge >= 0.3 is 11.9 Å². The van der Waals surface area contributed by atoms with Gasteiger partial charge in [-0.05, 0) is 37.3 Å². The highest BCUT2D eigenvalue weighted by molar-refractivity contribution is 7.92. The van der Waals surface area contributed by atoms with E-state index in [0.717, 1.165) is 11.4 Å². The van der Waals surface area contributed by atoms with Gasteiger partial charge in [0.25, 0.3) is 10.0 Å². The molecule has 0 aliphatic carbocycles. The third-order valence-electron chi connectivity index (χ3n) is 3.57. The van der Waals surface area contributed by atoms with Gasteiger partial charge in [0.15, 0.2) is 0 Å². The largest absolute Gasteiger partial charge is 0.468 e. The number of methoxy groups -OCH3 is 1. The van der Waals surface area contributed by atoms with Gasteiger partial charge in [-0.1, -0.05) is 29.8 Å². The highest BCUT2D eigenvalue weighted by Crippen LogP contribution is 2.28. The standard InChI is InChI=1S/C18H18ClNO6S/c1-3-26-18(22)15-10-9-13(11-16(15)19)20(12-17(21)25-2)27(23,24)14-7-5-4-6-8-14/h4-11H,3,12H2,1-2H3. The van der Waals surface area contributed by atoms with Crippen molar-refractivity contribution in [3.8, 4) is 0 Å². The highest BCUT2D eigenvalue weighted by Gasteiger charge is 2.28. The van der Waals surface area contributed by atoms with Crippen molar-refractivity contribution in [2.75, 3.05) is 24.6 Å². The molecule has 0 amide bonds. The minimum absolute atomic E-state index is 0.000468. The van der Waals surface area contributed by atoms with Crippen LogP contribution in [0.25, 0.3) is 0 Å². The van der Waals surface area contributed by atoms with E-state index in [0.29, 0.717) is 0 Å². The molecule has 0 heterocycles. The Morgan fingerprint density at radius 2 is 1.78 bits per heavy atom. The summed E-state index contributed by atoms with van der Waals surface area (Å²) in [5.41, 5.74) is 0.208. The lowest BCUT2D eigenvalue weighted by Gasteiger charge is -2.24. The summed E-state index contributed by atoms with van der Waals surface area (Å²) in [6, 6.07) is 11.6. The van der Waals surface area contributed by atoms with Gasteiger partial charge in [-0.2, -0.15) is 0 Å². The van der Waals surface area contributed by atoms with Crippen molar-refractivity contribution >= 4 is 39.3 Å². The molecule has 0 aliphatic heterocycles. The molecule has 0 N–H and O–H groups in total. The van der Waals surface area contributed by atoms with Gasteiger partial charge in [-0.3, -0.25) is 9.10 Å². The lowest BCUT2D eigenvalue weighted by Crippen LogP contribution is -2.36. The number of rotatable bonds is 7. The Balaban J connectivity index is 2.50. The summed E-state index contributed by atoms with van der Waals surface area (Å²) in [5, 5.41) is 0.00378. The third-order valence-corrected chi connectivity index (χ3v) is 5.67. The second-order valence-electron chi connectivity index (χ2n) is 5.29. The number of ether oxygens (including phenoxy) is 2. The second kappa shape index (κ2) is 8.88. The number of sulfonamides is 1. The molecule has 2 rings (SSSR count). The number of halogens is 1. The smallest absolute Gasteiger partial charge is 0.339 e. The Labute approximate surface area is 162 Å². The monoisotopic (exact) mass is 411 g/mol. The van der Waals surface area contributed by atoms with Crippen molar-refractivity contribution in [3.05, 3.63) is 59.1 Å². The van der Waals surface area contributed by atoms with Crippen LogP contribution in [0.4, 0.5) is 5.69 Å². The molecule has 0 saturated carbocycles. The van der Waals surface area contributed by atoms with Gasteiger partial charge in [0.2, 0.25) is 0 Å². The third kappa shape index (κ3) is 4.78. The van der Waals surface area contributed by atoms with Crippen LogP contribution in [0, 0.1) is 0 Å². The van der Waals surface area contributed by atoms with Gasteiger partial charge in [0, 0.05) is 0 Å². The Hall–Kier alpha value is -2.58. The second-order valence-corrected chi connectivity index (χ2v) is 7.55. The maximum Gasteiger partial charge on any atom is 0.339 e. The minimum Gasteiger partial charge on any atom is -0.468 e. The van der Waals surface area contributed by atoms with Crippen LogP contribution in [-0.2, 0) is 24.3 Å². The van der Waals surface area contributed by atoms with E-state index in [1.807, 2.05) is 0 Å². The van der Waals surface area contributed by atoms with Crippen LogP contribution in [0.2, 0.25) is 5.02 Å². The van der Waals surface area contributed by atoms with E-state index in [4.69, 9.17) is 16.3 Å². The summed E-state index contributed by atoms with van der Waals surface area (Å²) in [4.78, 5) is 23.7. The van der Waals surface area contributed by atoms with E-state index in [-0.39, 0.29) is 27.8 Å². The number of carbonyl (C=O) groups excluding carboxylic acids is 2. The average molecular weight is 412 g/mol. The number of hydrogen-bond donors (Lipinski definition) is 0. The summed E-state index contributed by atoms with van der Waals surface area (Å²) in [7, 11) is -2.90. The van der Waals surface area contributed by atoms with E-state index in [9.17, 15) is 18.0 Å². The fourth-order valence-corrected chi connectivity index (χ4v) is 3.92. The number of anilines is 1. The number of carbonyl (C=O) groups is 2. The maximum atomic E-state index is 13.0. The van der Waals surface area contributed by atoms with E-state index >= 15 is 0 Å². The molecule has 0 saturated heterocycles. The number of benzene rings is 2. The van der Waals surface area contributed by atoms with Gasteiger partial charge in [-0.15, -0.1) is 0 Å². The Kier molecular flexibility index (Phi) is 6.81. The van der Waals surface area contributed by atoms with Crippen molar-refractivity contribution < 1.29 is 27.5 Å². The summed E-state index contributed by atoms with van der Waals surface area (Å²) < 4.78 is 36.4.